The summed E-state index contributed by atoms with van der Waals surface area (Å²) in [4.78, 5) is 2.76. The van der Waals surface area contributed by atoms with Crippen LogP contribution in [0.2, 0.25) is 0 Å². The molecule has 0 atom stereocenters. The second-order valence-electron chi connectivity index (χ2n) is 4.11. The predicted octanol–water partition coefficient (Wildman–Crippen LogP) is 3.60. The zero-order valence-corrected chi connectivity index (χ0v) is 13.2. The third-order valence-electron chi connectivity index (χ3n) is 2.70. The van der Waals surface area contributed by atoms with Gasteiger partial charge in [0, 0.05) is 28.7 Å². The summed E-state index contributed by atoms with van der Waals surface area (Å²) < 4.78 is 0. The lowest BCUT2D eigenvalue weighted by Crippen LogP contribution is -2.23. The molecule has 2 N–H and O–H groups in total. The molecule has 0 aliphatic heterocycles. The Hall–Kier alpha value is -0.330. The summed E-state index contributed by atoms with van der Waals surface area (Å²) in [6, 6.07) is 8.94. The minimum absolute atomic E-state index is 0.299. The first-order chi connectivity index (χ1) is 9.42. The predicted molar refractivity (Wildman–Crippen MR) is 87.5 cm³/mol. The summed E-state index contributed by atoms with van der Waals surface area (Å²) in [6.07, 6.45) is 0.893. The van der Waals surface area contributed by atoms with Crippen LogP contribution in [0, 0.1) is 0 Å². The SMILES string of the molecule is OCCCSCCNC(c1cccs1)c1cccs1. The number of rotatable bonds is 9. The van der Waals surface area contributed by atoms with Gasteiger partial charge in [-0.05, 0) is 35.1 Å². The summed E-state index contributed by atoms with van der Waals surface area (Å²) in [5, 5.41) is 16.6. The topological polar surface area (TPSA) is 32.3 Å². The molecule has 19 heavy (non-hydrogen) atoms. The normalized spacial score (nSPS) is 11.3. The van der Waals surface area contributed by atoms with E-state index in [4.69, 9.17) is 5.11 Å². The summed E-state index contributed by atoms with van der Waals surface area (Å²) in [5.41, 5.74) is 0. The summed E-state index contributed by atoms with van der Waals surface area (Å²) in [7, 11) is 0. The molecule has 2 rings (SSSR count). The zero-order chi connectivity index (χ0) is 13.3. The van der Waals surface area contributed by atoms with E-state index in [1.165, 1.54) is 9.75 Å². The van der Waals surface area contributed by atoms with E-state index in [1.54, 1.807) is 22.7 Å². The Bertz CT molecular complexity index is 393. The van der Waals surface area contributed by atoms with Crippen LogP contribution >= 0.6 is 34.4 Å². The molecule has 0 fully saturated rings. The monoisotopic (exact) mass is 313 g/mol. The van der Waals surface area contributed by atoms with Crippen molar-refractivity contribution in [1.82, 2.24) is 5.32 Å². The minimum atomic E-state index is 0.299. The van der Waals surface area contributed by atoms with E-state index in [9.17, 15) is 0 Å². The van der Waals surface area contributed by atoms with Gasteiger partial charge in [0.25, 0.3) is 0 Å². The van der Waals surface area contributed by atoms with Crippen LogP contribution in [0.4, 0.5) is 0 Å². The van der Waals surface area contributed by atoms with Gasteiger partial charge in [-0.15, -0.1) is 22.7 Å². The van der Waals surface area contributed by atoms with Gasteiger partial charge in [-0.1, -0.05) is 12.1 Å². The largest absolute Gasteiger partial charge is 0.396 e. The van der Waals surface area contributed by atoms with Crippen molar-refractivity contribution in [3.05, 3.63) is 44.8 Å². The molecule has 0 aliphatic carbocycles. The first-order valence-electron chi connectivity index (χ1n) is 6.40. The van der Waals surface area contributed by atoms with Crippen molar-refractivity contribution in [1.29, 1.82) is 0 Å². The van der Waals surface area contributed by atoms with Crippen LogP contribution in [0.15, 0.2) is 35.0 Å². The molecule has 2 nitrogen and oxygen atoms in total. The highest BCUT2D eigenvalue weighted by atomic mass is 32.2. The number of nitrogens with one attached hydrogen (secondary N) is 1. The Labute approximate surface area is 126 Å². The number of hydrogen-bond acceptors (Lipinski definition) is 5. The Balaban J connectivity index is 1.82. The van der Waals surface area contributed by atoms with E-state index in [0.29, 0.717) is 12.6 Å². The lowest BCUT2D eigenvalue weighted by Gasteiger charge is -2.16. The maximum atomic E-state index is 8.73. The van der Waals surface area contributed by atoms with Gasteiger partial charge >= 0.3 is 0 Å². The van der Waals surface area contributed by atoms with Gasteiger partial charge < -0.3 is 10.4 Å². The quantitative estimate of drug-likeness (QED) is 0.694. The average Bonchev–Trinajstić information content (AvgIpc) is 3.11. The molecule has 0 spiro atoms. The highest BCUT2D eigenvalue weighted by Crippen LogP contribution is 2.28. The number of thiophene rings is 2. The van der Waals surface area contributed by atoms with E-state index >= 15 is 0 Å². The fourth-order valence-electron chi connectivity index (χ4n) is 1.80. The second-order valence-corrected chi connectivity index (χ2v) is 7.29. The third-order valence-corrected chi connectivity index (χ3v) is 5.64. The Morgan fingerprint density at radius 1 is 1.11 bits per heavy atom. The van der Waals surface area contributed by atoms with Crippen molar-refractivity contribution in [2.24, 2.45) is 0 Å². The van der Waals surface area contributed by atoms with Crippen molar-refractivity contribution in [3.8, 4) is 0 Å². The van der Waals surface area contributed by atoms with Crippen molar-refractivity contribution in [2.45, 2.75) is 12.5 Å². The third kappa shape index (κ3) is 4.93. The molecule has 0 saturated carbocycles. The molecule has 0 bridgehead atoms. The van der Waals surface area contributed by atoms with Crippen LogP contribution in [-0.2, 0) is 0 Å². The fraction of sp³-hybridized carbons (Fsp3) is 0.429. The van der Waals surface area contributed by atoms with Crippen LogP contribution in [0.1, 0.15) is 22.2 Å². The smallest absolute Gasteiger partial charge is 0.0765 e. The fourth-order valence-corrected chi connectivity index (χ4v) is 4.31. The standard InChI is InChI=1S/C14H19NOS3/c16-7-3-8-17-11-6-15-14(12-4-1-9-18-12)13-5-2-10-19-13/h1-2,4-5,9-10,14-16H,3,6-8,11H2. The van der Waals surface area contributed by atoms with Crippen LogP contribution in [0.3, 0.4) is 0 Å². The second kappa shape index (κ2) is 8.76. The molecule has 0 unspecified atom stereocenters. The Kier molecular flexibility index (Phi) is 6.95. The van der Waals surface area contributed by atoms with E-state index < -0.39 is 0 Å². The number of aliphatic hydroxyl groups is 1. The van der Waals surface area contributed by atoms with Gasteiger partial charge in [0.1, 0.15) is 0 Å². The van der Waals surface area contributed by atoms with E-state index in [-0.39, 0.29) is 0 Å². The molecule has 2 heterocycles. The molecular weight excluding hydrogens is 294 g/mol. The van der Waals surface area contributed by atoms with Crippen molar-refractivity contribution < 1.29 is 5.11 Å². The van der Waals surface area contributed by atoms with Crippen LogP contribution in [0.25, 0.3) is 0 Å². The Morgan fingerprint density at radius 2 is 1.79 bits per heavy atom. The molecule has 0 aromatic carbocycles. The lowest BCUT2D eigenvalue weighted by atomic mass is 10.2. The zero-order valence-electron chi connectivity index (χ0n) is 10.7. The number of thioether (sulfide) groups is 1. The summed E-state index contributed by atoms with van der Waals surface area (Å²) >= 11 is 5.51. The highest BCUT2D eigenvalue weighted by Gasteiger charge is 2.14. The van der Waals surface area contributed by atoms with Gasteiger partial charge in [-0.2, -0.15) is 11.8 Å². The van der Waals surface area contributed by atoms with Crippen molar-refractivity contribution in [2.75, 3.05) is 24.7 Å². The van der Waals surface area contributed by atoms with Crippen molar-refractivity contribution in [3.63, 3.8) is 0 Å². The summed E-state index contributed by atoms with van der Waals surface area (Å²) in [5.74, 6) is 2.13. The molecular formula is C14H19NOS3. The number of hydrogen-bond donors (Lipinski definition) is 2. The first kappa shape index (κ1) is 15.1. The van der Waals surface area contributed by atoms with Gasteiger partial charge in [-0.3, -0.25) is 0 Å². The summed E-state index contributed by atoms with van der Waals surface area (Å²) in [6.45, 7) is 1.30. The first-order valence-corrected chi connectivity index (χ1v) is 9.32. The molecule has 5 heteroatoms. The van der Waals surface area contributed by atoms with Gasteiger partial charge in [0.05, 0.1) is 6.04 Å². The van der Waals surface area contributed by atoms with E-state index in [0.717, 1.165) is 24.5 Å². The average molecular weight is 314 g/mol. The molecule has 0 radical (unpaired) electrons. The molecule has 0 amide bonds. The highest BCUT2D eigenvalue weighted by molar-refractivity contribution is 7.99. The maximum absolute atomic E-state index is 8.73. The lowest BCUT2D eigenvalue weighted by molar-refractivity contribution is 0.296. The Morgan fingerprint density at radius 3 is 2.32 bits per heavy atom. The molecule has 104 valence electrons. The van der Waals surface area contributed by atoms with Gasteiger partial charge in [0.15, 0.2) is 0 Å². The van der Waals surface area contributed by atoms with Gasteiger partial charge in [0.2, 0.25) is 0 Å². The number of aliphatic hydroxyl groups excluding tert-OH is 1. The molecule has 0 saturated heterocycles. The van der Waals surface area contributed by atoms with Crippen LogP contribution in [0.5, 0.6) is 0 Å². The van der Waals surface area contributed by atoms with Crippen molar-refractivity contribution >= 4 is 34.4 Å². The van der Waals surface area contributed by atoms with E-state index in [1.807, 2.05) is 11.8 Å². The van der Waals surface area contributed by atoms with Gasteiger partial charge in [-0.25, -0.2) is 0 Å². The van der Waals surface area contributed by atoms with E-state index in [2.05, 4.69) is 40.3 Å². The van der Waals surface area contributed by atoms with Crippen LogP contribution in [-0.4, -0.2) is 29.8 Å². The van der Waals surface area contributed by atoms with Crippen LogP contribution < -0.4 is 5.32 Å². The molecule has 0 aliphatic rings. The minimum Gasteiger partial charge on any atom is -0.396 e. The molecule has 2 aromatic rings. The maximum Gasteiger partial charge on any atom is 0.0765 e. The molecule has 2 aromatic heterocycles.